The van der Waals surface area contributed by atoms with Crippen LogP contribution in [0.2, 0.25) is 0 Å². The number of aromatic amines is 1. The van der Waals surface area contributed by atoms with Crippen LogP contribution >= 0.6 is 11.3 Å². The molecule has 34 heavy (non-hydrogen) atoms. The number of nitrogens with two attached hydrogens (primary N) is 1. The van der Waals surface area contributed by atoms with E-state index in [2.05, 4.69) is 74.2 Å². The second kappa shape index (κ2) is 10.9. The highest BCUT2D eigenvalue weighted by Crippen LogP contribution is 2.31. The summed E-state index contributed by atoms with van der Waals surface area (Å²) in [6.07, 6.45) is 9.45. The number of thiophene rings is 1. The Bertz CT molecular complexity index is 1370. The fourth-order valence-corrected chi connectivity index (χ4v) is 4.62. The Balaban J connectivity index is 1.95. The largest absolute Gasteiger partial charge is 0.399 e. The fourth-order valence-electron chi connectivity index (χ4n) is 3.67. The number of nitrogens with zero attached hydrogens (tertiary/aromatic N) is 1. The van der Waals surface area contributed by atoms with Crippen LogP contribution < -0.4 is 11.1 Å². The van der Waals surface area contributed by atoms with E-state index in [4.69, 9.17) is 5.73 Å². The molecule has 0 fully saturated rings. The Kier molecular flexibility index (Phi) is 7.92. The summed E-state index contributed by atoms with van der Waals surface area (Å²) in [4.78, 5) is 2.49. The van der Waals surface area contributed by atoms with Gasteiger partial charge in [0.2, 0.25) is 0 Å². The third-order valence-electron chi connectivity index (χ3n) is 5.65. The first-order valence-corrected chi connectivity index (χ1v) is 11.9. The molecule has 0 bridgehead atoms. The predicted octanol–water partition coefficient (Wildman–Crippen LogP) is 7.49. The van der Waals surface area contributed by atoms with Gasteiger partial charge in [0.25, 0.3) is 0 Å². The Labute approximate surface area is 206 Å². The number of H-pyrrole nitrogens is 1. The molecule has 3 rings (SSSR count). The fraction of sp³-hybridized carbons (Fsp3) is 0.138. The van der Waals surface area contributed by atoms with Crippen LogP contribution in [0.25, 0.3) is 27.7 Å². The summed E-state index contributed by atoms with van der Waals surface area (Å²) in [5.41, 5.74) is 14.4. The zero-order chi connectivity index (χ0) is 24.8. The normalized spacial score (nSPS) is 13.6. The summed E-state index contributed by atoms with van der Waals surface area (Å²) in [5, 5.41) is 12.1. The lowest BCUT2D eigenvalue weighted by atomic mass is 10.0. The molecule has 0 saturated carbocycles. The number of benzene rings is 1. The van der Waals surface area contributed by atoms with Gasteiger partial charge in [0.15, 0.2) is 0 Å². The molecule has 5 heteroatoms. The topological polar surface area (TPSA) is 66.7 Å². The maximum absolute atomic E-state index is 5.97. The van der Waals surface area contributed by atoms with Crippen LogP contribution in [0.3, 0.4) is 0 Å². The minimum atomic E-state index is 0.618. The van der Waals surface area contributed by atoms with E-state index in [0.29, 0.717) is 5.70 Å². The molecule has 0 atom stereocenters. The average molecular weight is 469 g/mol. The van der Waals surface area contributed by atoms with Crippen molar-refractivity contribution in [1.82, 2.24) is 15.5 Å². The molecule has 3 aromatic rings. The SMILES string of the molecule is C=C/C=C(\C(C)=C(/C)NC(=C)c1n[nH]c2ccc(C(/C=C(/N)C=C)=C/C)cc12)c1ccc(C)s1. The maximum Gasteiger partial charge on any atom is 0.116 e. The summed E-state index contributed by atoms with van der Waals surface area (Å²) in [6, 6.07) is 10.5. The Morgan fingerprint density at radius 3 is 2.56 bits per heavy atom. The van der Waals surface area contributed by atoms with Gasteiger partial charge in [-0.05, 0) is 86.4 Å². The van der Waals surface area contributed by atoms with Crippen molar-refractivity contribution in [1.29, 1.82) is 0 Å². The summed E-state index contributed by atoms with van der Waals surface area (Å²) < 4.78 is 0. The van der Waals surface area contributed by atoms with Crippen molar-refractivity contribution in [2.75, 3.05) is 0 Å². The zero-order valence-electron chi connectivity index (χ0n) is 20.3. The molecule has 0 saturated heterocycles. The van der Waals surface area contributed by atoms with Crippen molar-refractivity contribution in [2.24, 2.45) is 5.73 Å². The predicted molar refractivity (Wildman–Crippen MR) is 150 cm³/mol. The van der Waals surface area contributed by atoms with Gasteiger partial charge in [-0.15, -0.1) is 11.3 Å². The lowest BCUT2D eigenvalue weighted by molar-refractivity contribution is 1.02. The molecular formula is C29H32N4S. The molecular weight excluding hydrogens is 436 g/mol. The van der Waals surface area contributed by atoms with E-state index in [1.54, 1.807) is 17.4 Å². The first-order chi connectivity index (χ1) is 16.3. The van der Waals surface area contributed by atoms with E-state index in [-0.39, 0.29) is 0 Å². The first-order valence-electron chi connectivity index (χ1n) is 11.1. The molecule has 0 spiro atoms. The molecule has 0 aliphatic rings. The van der Waals surface area contributed by atoms with E-state index in [1.165, 1.54) is 9.75 Å². The lowest BCUT2D eigenvalue weighted by Crippen LogP contribution is -2.11. The summed E-state index contributed by atoms with van der Waals surface area (Å²) in [7, 11) is 0. The summed E-state index contributed by atoms with van der Waals surface area (Å²) in [6.45, 7) is 20.2. The number of aryl methyl sites for hydroxylation is 1. The van der Waals surface area contributed by atoms with Crippen LogP contribution in [-0.2, 0) is 0 Å². The van der Waals surface area contributed by atoms with Gasteiger partial charge in [-0.1, -0.05) is 44.0 Å². The van der Waals surface area contributed by atoms with Crippen LogP contribution in [0.5, 0.6) is 0 Å². The molecule has 2 heterocycles. The summed E-state index contributed by atoms with van der Waals surface area (Å²) in [5.74, 6) is 0. The Morgan fingerprint density at radius 1 is 1.18 bits per heavy atom. The second-order valence-corrected chi connectivity index (χ2v) is 9.29. The Morgan fingerprint density at radius 2 is 1.94 bits per heavy atom. The molecule has 4 nitrogen and oxygen atoms in total. The minimum absolute atomic E-state index is 0.618. The average Bonchev–Trinajstić information content (AvgIpc) is 3.45. The van der Waals surface area contributed by atoms with Gasteiger partial charge >= 0.3 is 0 Å². The van der Waals surface area contributed by atoms with Crippen LogP contribution in [0, 0.1) is 6.92 Å². The molecule has 0 unspecified atom stereocenters. The van der Waals surface area contributed by atoms with Gasteiger partial charge in [0.05, 0.1) is 11.2 Å². The molecule has 0 radical (unpaired) electrons. The van der Waals surface area contributed by atoms with E-state index in [1.807, 2.05) is 43.4 Å². The van der Waals surface area contributed by atoms with Gasteiger partial charge in [-0.2, -0.15) is 5.10 Å². The smallest absolute Gasteiger partial charge is 0.116 e. The number of nitrogens with one attached hydrogen (secondary N) is 2. The van der Waals surface area contributed by atoms with Crippen molar-refractivity contribution in [3.8, 4) is 0 Å². The molecule has 4 N–H and O–H groups in total. The summed E-state index contributed by atoms with van der Waals surface area (Å²) >= 11 is 1.77. The second-order valence-electron chi connectivity index (χ2n) is 8.00. The van der Waals surface area contributed by atoms with E-state index in [9.17, 15) is 0 Å². The monoisotopic (exact) mass is 468 g/mol. The minimum Gasteiger partial charge on any atom is -0.399 e. The van der Waals surface area contributed by atoms with Crippen LogP contribution in [-0.4, -0.2) is 10.2 Å². The third-order valence-corrected chi connectivity index (χ3v) is 6.68. The Hall–Kier alpha value is -3.83. The van der Waals surface area contributed by atoms with Gasteiger partial charge in [-0.3, -0.25) is 5.10 Å². The van der Waals surface area contributed by atoms with Crippen molar-refractivity contribution >= 4 is 39.1 Å². The number of hydrogen-bond donors (Lipinski definition) is 3. The quantitative estimate of drug-likeness (QED) is 0.285. The standard InChI is InChI=1S/C29H32N4S/c1-8-11-25(28-15-12-18(4)34-28)19(5)20(6)31-21(7)29-26-17-23(13-14-27(26)32-33-29)22(9-2)16-24(30)10-3/h8-17,31H,1,3,7,30H2,2,4-6H3,(H,32,33)/b20-19+,22-9+,24-16+,25-11+. The molecule has 0 aliphatic carbocycles. The van der Waals surface area contributed by atoms with Crippen molar-refractivity contribution in [3.05, 3.63) is 118 Å². The molecule has 0 aliphatic heterocycles. The van der Waals surface area contributed by atoms with Crippen LogP contribution in [0.15, 0.2) is 97.4 Å². The van der Waals surface area contributed by atoms with Crippen molar-refractivity contribution < 1.29 is 0 Å². The van der Waals surface area contributed by atoms with Gasteiger partial charge in [-0.25, -0.2) is 0 Å². The molecule has 0 amide bonds. The highest BCUT2D eigenvalue weighted by Gasteiger charge is 2.14. The highest BCUT2D eigenvalue weighted by atomic mass is 32.1. The number of fused-ring (bicyclic) bond motifs is 1. The molecule has 2 aromatic heterocycles. The number of aromatic nitrogens is 2. The zero-order valence-corrected chi connectivity index (χ0v) is 21.1. The number of hydrogen-bond acceptors (Lipinski definition) is 4. The van der Waals surface area contributed by atoms with Crippen LogP contribution in [0.1, 0.15) is 41.8 Å². The van der Waals surface area contributed by atoms with E-state index < -0.39 is 0 Å². The number of rotatable bonds is 9. The van der Waals surface area contributed by atoms with Gasteiger partial charge < -0.3 is 11.1 Å². The van der Waals surface area contributed by atoms with Crippen LogP contribution in [0.4, 0.5) is 0 Å². The van der Waals surface area contributed by atoms with E-state index in [0.717, 1.165) is 50.3 Å². The van der Waals surface area contributed by atoms with E-state index >= 15 is 0 Å². The van der Waals surface area contributed by atoms with Gasteiger partial charge in [0.1, 0.15) is 5.69 Å². The van der Waals surface area contributed by atoms with Crippen molar-refractivity contribution in [3.63, 3.8) is 0 Å². The first kappa shape index (κ1) is 24.8. The maximum atomic E-state index is 5.97. The molecule has 174 valence electrons. The van der Waals surface area contributed by atoms with Gasteiger partial charge in [0, 0.05) is 26.5 Å². The number of allylic oxidation sites excluding steroid dienone is 9. The molecule has 1 aromatic carbocycles. The third kappa shape index (κ3) is 5.38. The van der Waals surface area contributed by atoms with Crippen molar-refractivity contribution in [2.45, 2.75) is 27.7 Å². The highest BCUT2D eigenvalue weighted by molar-refractivity contribution is 7.13. The lowest BCUT2D eigenvalue weighted by Gasteiger charge is -2.14.